The number of rotatable bonds is 7. The Hall–Kier alpha value is -4.16. The lowest BCUT2D eigenvalue weighted by atomic mass is 9.92. The lowest BCUT2D eigenvalue weighted by Gasteiger charge is -2.37. The van der Waals surface area contributed by atoms with Gasteiger partial charge in [-0.3, -0.25) is 9.59 Å². The first-order valence-electron chi connectivity index (χ1n) is 12.2. The largest absolute Gasteiger partial charge is 0.467 e. The van der Waals surface area contributed by atoms with Gasteiger partial charge in [0.2, 0.25) is 11.8 Å². The summed E-state index contributed by atoms with van der Waals surface area (Å²) in [5.74, 6) is 0.219. The average molecular weight is 480 g/mol. The highest BCUT2D eigenvalue weighted by atomic mass is 16.3. The summed E-state index contributed by atoms with van der Waals surface area (Å²) in [5.41, 5.74) is 11.8. The van der Waals surface area contributed by atoms with Crippen molar-refractivity contribution in [1.29, 1.82) is 0 Å². The summed E-state index contributed by atoms with van der Waals surface area (Å²) in [6.45, 7) is 0.625. The number of nitrogens with two attached hydrogens (primary N) is 1. The number of furan rings is 1. The van der Waals surface area contributed by atoms with Crippen molar-refractivity contribution in [3.63, 3.8) is 0 Å². The fraction of sp³-hybridized carbons (Fsp3) is 0.200. The third-order valence-electron chi connectivity index (χ3n) is 6.69. The Balaban J connectivity index is 1.30. The first-order valence-corrected chi connectivity index (χ1v) is 12.2. The highest BCUT2D eigenvalue weighted by Gasteiger charge is 2.36. The Kier molecular flexibility index (Phi) is 6.96. The van der Waals surface area contributed by atoms with E-state index in [9.17, 15) is 9.59 Å². The van der Waals surface area contributed by atoms with Crippen LogP contribution in [-0.4, -0.2) is 28.8 Å². The molecule has 2 heterocycles. The number of hydrogen-bond acceptors (Lipinski definition) is 4. The monoisotopic (exact) mass is 479 g/mol. The second-order valence-corrected chi connectivity index (χ2v) is 9.13. The molecule has 6 nitrogen and oxygen atoms in total. The van der Waals surface area contributed by atoms with Gasteiger partial charge in [-0.2, -0.15) is 0 Å². The number of nitrogens with zero attached hydrogens (tertiary/aromatic N) is 1. The molecule has 0 radical (unpaired) electrons. The molecule has 0 bridgehead atoms. The second kappa shape index (κ2) is 10.6. The van der Waals surface area contributed by atoms with Gasteiger partial charge in [-0.15, -0.1) is 0 Å². The van der Waals surface area contributed by atoms with E-state index in [2.05, 4.69) is 17.4 Å². The van der Waals surface area contributed by atoms with Crippen molar-refractivity contribution in [2.24, 2.45) is 5.73 Å². The van der Waals surface area contributed by atoms with Crippen LogP contribution in [0.15, 0.2) is 102 Å². The summed E-state index contributed by atoms with van der Waals surface area (Å²) in [7, 11) is 0. The van der Waals surface area contributed by atoms with Crippen LogP contribution in [0.25, 0.3) is 11.1 Å². The lowest BCUT2D eigenvalue weighted by Crippen LogP contribution is -2.56. The number of amides is 2. The number of nitrogens with one attached hydrogen (secondary N) is 1. The molecule has 4 aromatic rings. The Bertz CT molecular complexity index is 1320. The van der Waals surface area contributed by atoms with Gasteiger partial charge < -0.3 is 20.4 Å². The number of hydrogen-bond donors (Lipinski definition) is 2. The second-order valence-electron chi connectivity index (χ2n) is 9.13. The molecule has 36 heavy (non-hydrogen) atoms. The van der Waals surface area contributed by atoms with Gasteiger partial charge in [0.1, 0.15) is 11.8 Å². The molecular formula is C30H29N3O3. The highest BCUT2D eigenvalue weighted by Crippen LogP contribution is 2.25. The molecule has 0 aliphatic carbocycles. The van der Waals surface area contributed by atoms with Crippen molar-refractivity contribution in [2.75, 3.05) is 0 Å². The van der Waals surface area contributed by atoms with Gasteiger partial charge in [0, 0.05) is 13.0 Å². The van der Waals surface area contributed by atoms with Crippen LogP contribution >= 0.6 is 0 Å². The van der Waals surface area contributed by atoms with E-state index in [4.69, 9.17) is 10.2 Å². The van der Waals surface area contributed by atoms with Gasteiger partial charge in [-0.25, -0.2) is 0 Å². The molecule has 2 atom stereocenters. The zero-order valence-corrected chi connectivity index (χ0v) is 20.0. The fourth-order valence-electron chi connectivity index (χ4n) is 4.71. The summed E-state index contributed by atoms with van der Waals surface area (Å²) in [4.78, 5) is 28.4. The smallest absolute Gasteiger partial charge is 0.243 e. The van der Waals surface area contributed by atoms with E-state index in [0.29, 0.717) is 25.1 Å². The summed E-state index contributed by atoms with van der Waals surface area (Å²) < 4.78 is 5.33. The van der Waals surface area contributed by atoms with Crippen LogP contribution in [0.5, 0.6) is 0 Å². The van der Waals surface area contributed by atoms with Crippen molar-refractivity contribution in [1.82, 2.24) is 10.2 Å². The Labute approximate surface area is 210 Å². The van der Waals surface area contributed by atoms with Crippen molar-refractivity contribution in [2.45, 2.75) is 38.0 Å². The van der Waals surface area contributed by atoms with Gasteiger partial charge in [0.25, 0.3) is 0 Å². The number of carbonyl (C=O) groups is 2. The molecule has 182 valence electrons. The van der Waals surface area contributed by atoms with E-state index in [1.165, 1.54) is 0 Å². The molecule has 6 heteroatoms. The van der Waals surface area contributed by atoms with Crippen LogP contribution in [0, 0.1) is 0 Å². The first-order chi connectivity index (χ1) is 17.6. The molecule has 5 rings (SSSR count). The molecule has 0 saturated heterocycles. The predicted molar refractivity (Wildman–Crippen MR) is 139 cm³/mol. The molecule has 1 aromatic heterocycles. The van der Waals surface area contributed by atoms with Crippen molar-refractivity contribution < 1.29 is 14.0 Å². The predicted octanol–water partition coefficient (Wildman–Crippen LogP) is 4.09. The highest BCUT2D eigenvalue weighted by molar-refractivity contribution is 5.90. The molecule has 0 spiro atoms. The zero-order chi connectivity index (χ0) is 24.9. The number of carbonyl (C=O) groups excluding carboxylic acids is 2. The van der Waals surface area contributed by atoms with Crippen LogP contribution in [0.2, 0.25) is 0 Å². The van der Waals surface area contributed by atoms with E-state index in [1.54, 1.807) is 23.3 Å². The minimum absolute atomic E-state index is 0.214. The normalized spacial score (nSPS) is 15.7. The average Bonchev–Trinajstić information content (AvgIpc) is 3.45. The van der Waals surface area contributed by atoms with E-state index in [-0.39, 0.29) is 18.4 Å². The maximum atomic E-state index is 13.6. The molecule has 3 aromatic carbocycles. The SMILES string of the molecule is N[C@@H](Cc1ccc(-c2ccccc2)cc1)C(=O)N1Cc2ccccc2CC1C(=O)NCc1ccco1. The van der Waals surface area contributed by atoms with E-state index >= 15 is 0 Å². The standard InChI is InChI=1S/C30H29N3O3/c31-27(17-21-12-14-23(15-13-21)22-7-2-1-3-8-22)30(35)33-20-25-10-5-4-9-24(25)18-28(33)29(34)32-19-26-11-6-16-36-26/h1-16,27-28H,17-20,31H2,(H,32,34)/t27-,28?/m0/s1. The van der Waals surface area contributed by atoms with Crippen LogP contribution < -0.4 is 11.1 Å². The maximum absolute atomic E-state index is 13.6. The first kappa shape index (κ1) is 23.6. The Morgan fingerprint density at radius 2 is 1.58 bits per heavy atom. The van der Waals surface area contributed by atoms with Crippen molar-refractivity contribution in [3.05, 3.63) is 120 Å². The number of benzene rings is 3. The Morgan fingerprint density at radius 3 is 2.31 bits per heavy atom. The van der Waals surface area contributed by atoms with Crippen LogP contribution in [0.3, 0.4) is 0 Å². The molecule has 0 fully saturated rings. The fourth-order valence-corrected chi connectivity index (χ4v) is 4.71. The van der Waals surface area contributed by atoms with Crippen molar-refractivity contribution >= 4 is 11.8 Å². The number of fused-ring (bicyclic) bond motifs is 1. The Morgan fingerprint density at radius 1 is 0.889 bits per heavy atom. The molecular weight excluding hydrogens is 450 g/mol. The maximum Gasteiger partial charge on any atom is 0.243 e. The third-order valence-corrected chi connectivity index (χ3v) is 6.69. The molecule has 3 N–H and O–H groups in total. The van der Waals surface area contributed by atoms with E-state index in [0.717, 1.165) is 27.8 Å². The minimum atomic E-state index is -0.752. The minimum Gasteiger partial charge on any atom is -0.467 e. The van der Waals surface area contributed by atoms with E-state index in [1.807, 2.05) is 66.7 Å². The van der Waals surface area contributed by atoms with Crippen LogP contribution in [-0.2, 0) is 35.5 Å². The van der Waals surface area contributed by atoms with Gasteiger partial charge in [0.05, 0.1) is 18.8 Å². The summed E-state index contributed by atoms with van der Waals surface area (Å²) in [6.07, 6.45) is 2.41. The molecule has 2 amide bonds. The quantitative estimate of drug-likeness (QED) is 0.418. The van der Waals surface area contributed by atoms with Gasteiger partial charge in [0.15, 0.2) is 0 Å². The summed E-state index contributed by atoms with van der Waals surface area (Å²) in [5, 5.41) is 2.91. The molecule has 0 saturated carbocycles. The van der Waals surface area contributed by atoms with Gasteiger partial charge in [-0.1, -0.05) is 78.9 Å². The van der Waals surface area contributed by atoms with Crippen LogP contribution in [0.4, 0.5) is 0 Å². The molecule has 1 aliphatic heterocycles. The molecule has 1 aliphatic rings. The van der Waals surface area contributed by atoms with Crippen molar-refractivity contribution in [3.8, 4) is 11.1 Å². The summed E-state index contributed by atoms with van der Waals surface area (Å²) in [6, 6.07) is 28.4. The van der Waals surface area contributed by atoms with Gasteiger partial charge in [-0.05, 0) is 46.4 Å². The van der Waals surface area contributed by atoms with E-state index < -0.39 is 12.1 Å². The summed E-state index contributed by atoms with van der Waals surface area (Å²) >= 11 is 0. The topological polar surface area (TPSA) is 88.6 Å². The van der Waals surface area contributed by atoms with Gasteiger partial charge >= 0.3 is 0 Å². The lowest BCUT2D eigenvalue weighted by molar-refractivity contribution is -0.142. The molecule has 1 unspecified atom stereocenters. The third kappa shape index (κ3) is 5.24. The zero-order valence-electron chi connectivity index (χ0n) is 20.0. The van der Waals surface area contributed by atoms with Crippen LogP contribution in [0.1, 0.15) is 22.5 Å².